The quantitative estimate of drug-likeness (QED) is 0.867. The molecule has 1 atom stereocenters. The van der Waals surface area contributed by atoms with Gasteiger partial charge in [0.05, 0.1) is 17.8 Å². The summed E-state index contributed by atoms with van der Waals surface area (Å²) in [6.45, 7) is 6.77. The Bertz CT molecular complexity index is 647. The fourth-order valence-electron chi connectivity index (χ4n) is 3.22. The second-order valence-corrected chi connectivity index (χ2v) is 7.26. The third-order valence-corrected chi connectivity index (χ3v) is 4.58. The summed E-state index contributed by atoms with van der Waals surface area (Å²) in [4.78, 5) is 28.3. The lowest BCUT2D eigenvalue weighted by molar-refractivity contribution is -0.120. The molecule has 3 rings (SSSR count). The molecule has 1 aliphatic heterocycles. The van der Waals surface area contributed by atoms with E-state index in [1.54, 1.807) is 0 Å². The maximum absolute atomic E-state index is 12.0. The van der Waals surface area contributed by atoms with E-state index in [0.29, 0.717) is 12.4 Å². The molecule has 2 fully saturated rings. The van der Waals surface area contributed by atoms with Crippen molar-refractivity contribution < 1.29 is 14.3 Å². The van der Waals surface area contributed by atoms with Crippen LogP contribution in [0.5, 0.6) is 0 Å². The second kappa shape index (κ2) is 6.51. The normalized spacial score (nSPS) is 20.7. The second-order valence-electron chi connectivity index (χ2n) is 7.26. The number of ether oxygens (including phenoxy) is 1. The van der Waals surface area contributed by atoms with Crippen molar-refractivity contribution in [1.29, 1.82) is 0 Å². The van der Waals surface area contributed by atoms with Gasteiger partial charge in [0, 0.05) is 25.4 Å². The van der Waals surface area contributed by atoms with Gasteiger partial charge in [0.2, 0.25) is 11.8 Å². The first-order valence-electron chi connectivity index (χ1n) is 8.55. The summed E-state index contributed by atoms with van der Waals surface area (Å²) in [5.74, 6) is 0.865. The summed E-state index contributed by atoms with van der Waals surface area (Å²) in [6, 6.07) is 3.86. The van der Waals surface area contributed by atoms with E-state index in [4.69, 9.17) is 4.74 Å². The van der Waals surface area contributed by atoms with Crippen LogP contribution in [0.4, 0.5) is 5.82 Å². The van der Waals surface area contributed by atoms with Gasteiger partial charge in [-0.3, -0.25) is 9.59 Å². The minimum Gasteiger partial charge on any atom is -0.381 e. The molecule has 0 spiro atoms. The molecule has 130 valence electrons. The van der Waals surface area contributed by atoms with Crippen molar-refractivity contribution in [2.24, 2.45) is 5.92 Å². The fraction of sp³-hybridized carbons (Fsp3) is 0.611. The van der Waals surface area contributed by atoms with Crippen LogP contribution in [0.3, 0.4) is 0 Å². The van der Waals surface area contributed by atoms with Gasteiger partial charge in [-0.25, -0.2) is 4.98 Å². The molecule has 1 aromatic rings. The number of rotatable bonds is 5. The highest BCUT2D eigenvalue weighted by molar-refractivity contribution is 5.93. The molecule has 1 aromatic heterocycles. The Morgan fingerprint density at radius 1 is 1.25 bits per heavy atom. The summed E-state index contributed by atoms with van der Waals surface area (Å²) >= 11 is 0. The highest BCUT2D eigenvalue weighted by Gasteiger charge is 2.33. The largest absolute Gasteiger partial charge is 0.381 e. The van der Waals surface area contributed by atoms with Crippen LogP contribution in [0.15, 0.2) is 12.1 Å². The van der Waals surface area contributed by atoms with Gasteiger partial charge in [0.25, 0.3) is 0 Å². The van der Waals surface area contributed by atoms with Crippen LogP contribution in [-0.2, 0) is 19.9 Å². The average Bonchev–Trinajstić information content (AvgIpc) is 3.22. The smallest absolute Gasteiger partial charge is 0.228 e. The molecule has 2 amide bonds. The van der Waals surface area contributed by atoms with E-state index in [1.807, 2.05) is 26.0 Å². The molecule has 2 heterocycles. The molecule has 6 heteroatoms. The van der Waals surface area contributed by atoms with Crippen LogP contribution in [0.2, 0.25) is 0 Å². The number of hydrogen-bond donors (Lipinski definition) is 2. The van der Waals surface area contributed by atoms with Crippen LogP contribution < -0.4 is 10.6 Å². The third-order valence-electron chi connectivity index (χ3n) is 4.58. The van der Waals surface area contributed by atoms with E-state index >= 15 is 0 Å². The Labute approximate surface area is 142 Å². The van der Waals surface area contributed by atoms with E-state index in [2.05, 4.69) is 15.6 Å². The van der Waals surface area contributed by atoms with Crippen molar-refractivity contribution in [3.05, 3.63) is 23.4 Å². The van der Waals surface area contributed by atoms with Gasteiger partial charge in [-0.2, -0.15) is 0 Å². The molecule has 24 heavy (non-hydrogen) atoms. The van der Waals surface area contributed by atoms with Gasteiger partial charge in [0.15, 0.2) is 0 Å². The Morgan fingerprint density at radius 2 is 2.00 bits per heavy atom. The summed E-state index contributed by atoms with van der Waals surface area (Å²) in [5, 5.41) is 5.85. The Hall–Kier alpha value is -1.95. The van der Waals surface area contributed by atoms with Gasteiger partial charge in [-0.1, -0.05) is 6.07 Å². The Kier molecular flexibility index (Phi) is 4.58. The predicted octanol–water partition coefficient (Wildman–Crippen LogP) is 2.31. The molecular weight excluding hydrogens is 306 g/mol. The molecule has 1 saturated heterocycles. The molecule has 2 N–H and O–H groups in total. The fourth-order valence-corrected chi connectivity index (χ4v) is 3.22. The summed E-state index contributed by atoms with van der Waals surface area (Å²) in [5.41, 5.74) is 1.25. The summed E-state index contributed by atoms with van der Waals surface area (Å²) in [6.07, 6.45) is 2.85. The van der Waals surface area contributed by atoms with Gasteiger partial charge in [-0.15, -0.1) is 0 Å². The zero-order valence-corrected chi connectivity index (χ0v) is 14.5. The third kappa shape index (κ3) is 3.75. The number of anilines is 1. The standard InChI is InChI=1S/C18H25N3O3/c1-11(22)21-18(2,3)16-14(13-8-9-24-10-13)6-7-15(19-16)20-17(23)12-4-5-12/h6-7,12-13H,4-5,8-10H2,1-3H3,(H,21,22)(H,19,20,23). The number of nitrogens with one attached hydrogen (secondary N) is 2. The number of carbonyl (C=O) groups excluding carboxylic acids is 2. The minimum atomic E-state index is -0.621. The number of aromatic nitrogens is 1. The van der Waals surface area contributed by atoms with Crippen molar-refractivity contribution in [2.75, 3.05) is 18.5 Å². The Morgan fingerprint density at radius 3 is 2.58 bits per heavy atom. The molecule has 6 nitrogen and oxygen atoms in total. The van der Waals surface area contributed by atoms with E-state index in [-0.39, 0.29) is 23.7 Å². The van der Waals surface area contributed by atoms with Gasteiger partial charge >= 0.3 is 0 Å². The Balaban J connectivity index is 1.92. The first-order chi connectivity index (χ1) is 11.4. The first-order valence-corrected chi connectivity index (χ1v) is 8.55. The number of pyridine rings is 1. The molecule has 1 unspecified atom stereocenters. The van der Waals surface area contributed by atoms with Crippen LogP contribution in [0, 0.1) is 5.92 Å². The lowest BCUT2D eigenvalue weighted by Crippen LogP contribution is -2.41. The highest BCUT2D eigenvalue weighted by Crippen LogP contribution is 2.34. The number of nitrogens with zero attached hydrogens (tertiary/aromatic N) is 1. The zero-order valence-electron chi connectivity index (χ0n) is 14.5. The molecular formula is C18H25N3O3. The van der Waals surface area contributed by atoms with E-state index < -0.39 is 5.54 Å². The number of carbonyl (C=O) groups is 2. The monoisotopic (exact) mass is 331 g/mol. The number of amides is 2. The van der Waals surface area contributed by atoms with Crippen molar-refractivity contribution in [3.63, 3.8) is 0 Å². The van der Waals surface area contributed by atoms with Crippen LogP contribution in [0.1, 0.15) is 57.2 Å². The van der Waals surface area contributed by atoms with Crippen molar-refractivity contribution in [1.82, 2.24) is 10.3 Å². The van der Waals surface area contributed by atoms with Crippen LogP contribution in [-0.4, -0.2) is 30.0 Å². The maximum Gasteiger partial charge on any atom is 0.228 e. The predicted molar refractivity (Wildman–Crippen MR) is 90.6 cm³/mol. The van der Waals surface area contributed by atoms with Crippen molar-refractivity contribution >= 4 is 17.6 Å². The lowest BCUT2D eigenvalue weighted by Gasteiger charge is -2.29. The maximum atomic E-state index is 12.0. The molecule has 2 aliphatic rings. The highest BCUT2D eigenvalue weighted by atomic mass is 16.5. The van der Waals surface area contributed by atoms with Gasteiger partial charge < -0.3 is 15.4 Å². The van der Waals surface area contributed by atoms with Crippen molar-refractivity contribution in [2.45, 2.75) is 51.5 Å². The van der Waals surface area contributed by atoms with Crippen LogP contribution in [0.25, 0.3) is 0 Å². The molecule has 1 aliphatic carbocycles. The van der Waals surface area contributed by atoms with E-state index in [1.165, 1.54) is 6.92 Å². The topological polar surface area (TPSA) is 80.3 Å². The van der Waals surface area contributed by atoms with Crippen molar-refractivity contribution in [3.8, 4) is 0 Å². The van der Waals surface area contributed by atoms with E-state index in [9.17, 15) is 9.59 Å². The minimum absolute atomic E-state index is 0.0303. The number of hydrogen-bond acceptors (Lipinski definition) is 4. The lowest BCUT2D eigenvalue weighted by atomic mass is 9.88. The molecule has 0 aromatic carbocycles. The summed E-state index contributed by atoms with van der Waals surface area (Å²) in [7, 11) is 0. The first kappa shape index (κ1) is 16.9. The van der Waals surface area contributed by atoms with Gasteiger partial charge in [0.1, 0.15) is 5.82 Å². The SMILES string of the molecule is CC(=O)NC(C)(C)c1nc(NC(=O)C2CC2)ccc1C1CCOC1. The van der Waals surface area contributed by atoms with Gasteiger partial charge in [-0.05, 0) is 44.7 Å². The van der Waals surface area contributed by atoms with E-state index in [0.717, 1.165) is 37.1 Å². The summed E-state index contributed by atoms with van der Waals surface area (Å²) < 4.78 is 5.51. The average molecular weight is 331 g/mol. The van der Waals surface area contributed by atoms with Crippen LogP contribution >= 0.6 is 0 Å². The molecule has 0 bridgehead atoms. The molecule has 0 radical (unpaired) electrons. The zero-order chi connectivity index (χ0) is 17.3. The molecule has 1 saturated carbocycles.